The van der Waals surface area contributed by atoms with E-state index in [4.69, 9.17) is 20.4 Å². The molecule has 0 aromatic heterocycles. The monoisotopic (exact) mass is 149 g/mol. The zero-order valence-electron chi connectivity index (χ0n) is 5.64. The van der Waals surface area contributed by atoms with Crippen LogP contribution in [0.4, 0.5) is 0 Å². The molecule has 61 valence electrons. The molecule has 4 nitrogen and oxygen atoms in total. The van der Waals surface area contributed by atoms with Crippen LogP contribution < -0.4 is 0 Å². The molecule has 0 spiro atoms. The third kappa shape index (κ3) is 2.62. The fraction of sp³-hybridized carbons (Fsp3) is 0.833. The largest absolute Gasteiger partial charge is 0.396 e. The molecule has 0 aliphatic rings. The second-order valence-electron chi connectivity index (χ2n) is 2.18. The van der Waals surface area contributed by atoms with Gasteiger partial charge in [-0.15, -0.1) is 0 Å². The summed E-state index contributed by atoms with van der Waals surface area (Å²) in [6.07, 6.45) is -2.32. The highest BCUT2D eigenvalue weighted by atomic mass is 16.3. The zero-order chi connectivity index (χ0) is 8.15. The maximum atomic E-state index is 8.95. The first-order valence-electron chi connectivity index (χ1n) is 3.04. The van der Waals surface area contributed by atoms with Crippen LogP contribution in [0.3, 0.4) is 0 Å². The predicted octanol–water partition coefficient (Wildman–Crippen LogP) is -1.86. The standard InChI is InChI=1S/C6H13O4/c1-4(9)6(10)5(2-7)3-8/h4-10H,1-3H2. The van der Waals surface area contributed by atoms with Gasteiger partial charge in [-0.2, -0.15) is 0 Å². The van der Waals surface area contributed by atoms with Gasteiger partial charge in [0, 0.05) is 5.92 Å². The predicted molar refractivity (Wildman–Crippen MR) is 35.0 cm³/mol. The molecule has 2 atom stereocenters. The molecule has 0 fully saturated rings. The minimum absolute atomic E-state index is 0.357. The Kier molecular flexibility index (Phi) is 4.55. The van der Waals surface area contributed by atoms with E-state index in [0.717, 1.165) is 0 Å². The van der Waals surface area contributed by atoms with Crippen molar-refractivity contribution in [1.82, 2.24) is 0 Å². The number of aliphatic hydroxyl groups excluding tert-OH is 4. The summed E-state index contributed by atoms with van der Waals surface area (Å²) >= 11 is 0. The van der Waals surface area contributed by atoms with Crippen LogP contribution in [-0.2, 0) is 0 Å². The molecule has 4 heteroatoms. The van der Waals surface area contributed by atoms with Gasteiger partial charge in [0.2, 0.25) is 0 Å². The molecule has 0 bridgehead atoms. The summed E-state index contributed by atoms with van der Waals surface area (Å²) in [6, 6.07) is 0. The van der Waals surface area contributed by atoms with Gasteiger partial charge in [0.1, 0.15) is 0 Å². The number of rotatable bonds is 4. The number of aliphatic hydroxyl groups is 4. The Labute approximate surface area is 59.7 Å². The quantitative estimate of drug-likeness (QED) is 0.378. The van der Waals surface area contributed by atoms with Crippen molar-refractivity contribution in [3.05, 3.63) is 6.92 Å². The Bertz CT molecular complexity index is 79.8. The molecule has 0 saturated heterocycles. The van der Waals surface area contributed by atoms with Gasteiger partial charge < -0.3 is 20.4 Å². The maximum Gasteiger partial charge on any atom is 0.0871 e. The van der Waals surface area contributed by atoms with Crippen LogP contribution in [-0.4, -0.2) is 45.8 Å². The first kappa shape index (κ1) is 9.84. The smallest absolute Gasteiger partial charge is 0.0871 e. The van der Waals surface area contributed by atoms with E-state index in [9.17, 15) is 0 Å². The third-order valence-electron chi connectivity index (χ3n) is 1.35. The molecule has 0 saturated carbocycles. The molecule has 0 aromatic rings. The van der Waals surface area contributed by atoms with Gasteiger partial charge in [-0.3, -0.25) is 0 Å². The van der Waals surface area contributed by atoms with Crippen LogP contribution >= 0.6 is 0 Å². The molecular weight excluding hydrogens is 136 g/mol. The SMILES string of the molecule is [CH2]C(O)C(O)C(CO)CO. The van der Waals surface area contributed by atoms with Crippen LogP contribution in [0.2, 0.25) is 0 Å². The minimum atomic E-state index is -1.16. The molecule has 0 heterocycles. The normalized spacial score (nSPS) is 17.4. The lowest BCUT2D eigenvalue weighted by Crippen LogP contribution is -2.35. The van der Waals surface area contributed by atoms with E-state index in [2.05, 4.69) is 6.92 Å². The molecule has 0 amide bonds. The minimum Gasteiger partial charge on any atom is -0.396 e. The maximum absolute atomic E-state index is 8.95. The van der Waals surface area contributed by atoms with E-state index < -0.39 is 18.1 Å². The summed E-state index contributed by atoms with van der Waals surface area (Å²) in [5.74, 6) is -0.701. The number of hydrogen-bond donors (Lipinski definition) is 4. The van der Waals surface area contributed by atoms with Crippen LogP contribution in [0.1, 0.15) is 0 Å². The van der Waals surface area contributed by atoms with Crippen molar-refractivity contribution in [3.8, 4) is 0 Å². The van der Waals surface area contributed by atoms with E-state index in [-0.39, 0.29) is 13.2 Å². The van der Waals surface area contributed by atoms with Crippen LogP contribution in [0.5, 0.6) is 0 Å². The van der Waals surface area contributed by atoms with Gasteiger partial charge >= 0.3 is 0 Å². The molecule has 2 unspecified atom stereocenters. The van der Waals surface area contributed by atoms with Gasteiger partial charge in [0.25, 0.3) is 0 Å². The summed E-state index contributed by atoms with van der Waals surface area (Å²) in [7, 11) is 0. The van der Waals surface area contributed by atoms with E-state index in [1.807, 2.05) is 0 Å². The molecule has 0 rings (SSSR count). The highest BCUT2D eigenvalue weighted by Gasteiger charge is 2.21. The molecule has 1 radical (unpaired) electrons. The van der Waals surface area contributed by atoms with Crippen molar-refractivity contribution in [2.75, 3.05) is 13.2 Å². The topological polar surface area (TPSA) is 80.9 Å². The van der Waals surface area contributed by atoms with Crippen LogP contribution in [0.25, 0.3) is 0 Å². The van der Waals surface area contributed by atoms with Crippen molar-refractivity contribution in [1.29, 1.82) is 0 Å². The molecule has 0 aromatic carbocycles. The Hall–Kier alpha value is -0.160. The molecule has 0 aliphatic carbocycles. The Morgan fingerprint density at radius 3 is 1.60 bits per heavy atom. The lowest BCUT2D eigenvalue weighted by atomic mass is 10.0. The van der Waals surface area contributed by atoms with Crippen LogP contribution in [0.15, 0.2) is 0 Å². The van der Waals surface area contributed by atoms with Gasteiger partial charge in [0.15, 0.2) is 0 Å². The summed E-state index contributed by atoms with van der Waals surface area (Å²) in [5.41, 5.74) is 0. The first-order chi connectivity index (χ1) is 4.63. The second-order valence-corrected chi connectivity index (χ2v) is 2.18. The number of hydrogen-bond acceptors (Lipinski definition) is 4. The Morgan fingerprint density at radius 1 is 1.10 bits per heavy atom. The van der Waals surface area contributed by atoms with Crippen molar-refractivity contribution in [2.45, 2.75) is 12.2 Å². The second kappa shape index (κ2) is 4.62. The van der Waals surface area contributed by atoms with Gasteiger partial charge in [-0.1, -0.05) is 0 Å². The van der Waals surface area contributed by atoms with Crippen LogP contribution in [0, 0.1) is 12.8 Å². The van der Waals surface area contributed by atoms with Gasteiger partial charge in [-0.25, -0.2) is 0 Å². The van der Waals surface area contributed by atoms with E-state index in [1.54, 1.807) is 0 Å². The average Bonchev–Trinajstić information content (AvgIpc) is 1.90. The van der Waals surface area contributed by atoms with Crippen molar-refractivity contribution in [3.63, 3.8) is 0 Å². The summed E-state index contributed by atoms with van der Waals surface area (Å²) in [6.45, 7) is 2.42. The molecule has 0 aliphatic heterocycles. The molecule has 4 N–H and O–H groups in total. The highest BCUT2D eigenvalue weighted by molar-refractivity contribution is 4.75. The Balaban J connectivity index is 3.76. The average molecular weight is 149 g/mol. The van der Waals surface area contributed by atoms with Gasteiger partial charge in [-0.05, 0) is 6.92 Å². The first-order valence-corrected chi connectivity index (χ1v) is 3.04. The van der Waals surface area contributed by atoms with E-state index >= 15 is 0 Å². The third-order valence-corrected chi connectivity index (χ3v) is 1.35. The van der Waals surface area contributed by atoms with E-state index in [1.165, 1.54) is 0 Å². The summed E-state index contributed by atoms with van der Waals surface area (Å²) < 4.78 is 0. The zero-order valence-corrected chi connectivity index (χ0v) is 5.64. The fourth-order valence-electron chi connectivity index (χ4n) is 0.588. The Morgan fingerprint density at radius 2 is 1.50 bits per heavy atom. The van der Waals surface area contributed by atoms with Crippen molar-refractivity contribution >= 4 is 0 Å². The van der Waals surface area contributed by atoms with E-state index in [0.29, 0.717) is 0 Å². The lowest BCUT2D eigenvalue weighted by Gasteiger charge is -2.20. The van der Waals surface area contributed by atoms with Crippen molar-refractivity contribution in [2.24, 2.45) is 5.92 Å². The van der Waals surface area contributed by atoms with Gasteiger partial charge in [0.05, 0.1) is 25.4 Å². The van der Waals surface area contributed by atoms with Crippen molar-refractivity contribution < 1.29 is 20.4 Å². The summed E-state index contributed by atoms with van der Waals surface area (Å²) in [4.78, 5) is 0. The fourth-order valence-corrected chi connectivity index (χ4v) is 0.588. The lowest BCUT2D eigenvalue weighted by molar-refractivity contribution is -0.0304. The molecule has 10 heavy (non-hydrogen) atoms. The highest BCUT2D eigenvalue weighted by Crippen LogP contribution is 2.05. The molecular formula is C6H13O4. The summed E-state index contributed by atoms with van der Waals surface area (Å²) in [5, 5.41) is 34.6.